The Morgan fingerprint density at radius 1 is 1.13 bits per heavy atom. The molecule has 2 saturated heterocycles. The fourth-order valence-electron chi connectivity index (χ4n) is 7.29. The maximum absolute atomic E-state index is 15.2. The molecule has 4 heterocycles. The highest BCUT2D eigenvalue weighted by molar-refractivity contribution is 7.99. The molecule has 2 aromatic carbocycles. The maximum Gasteiger partial charge on any atom is 0.350 e. The lowest BCUT2D eigenvalue weighted by Crippen LogP contribution is -2.54. The quantitative estimate of drug-likeness (QED) is 0.252. The monoisotopic (exact) mass is 659 g/mol. The third-order valence-electron chi connectivity index (χ3n) is 9.48. The van der Waals surface area contributed by atoms with Crippen LogP contribution in [0, 0.1) is 17.5 Å². The van der Waals surface area contributed by atoms with Gasteiger partial charge in [0.2, 0.25) is 5.91 Å². The summed E-state index contributed by atoms with van der Waals surface area (Å²) in [5, 5.41) is 0.674. The van der Waals surface area contributed by atoms with Gasteiger partial charge in [0.15, 0.2) is 0 Å². The topological polar surface area (TPSA) is 61.7 Å². The molecule has 2 fully saturated rings. The number of anilines is 1. The molecule has 0 bridgehead atoms. The van der Waals surface area contributed by atoms with Crippen LogP contribution in [0.15, 0.2) is 40.5 Å². The van der Waals surface area contributed by atoms with Crippen LogP contribution in [0.2, 0.25) is 5.02 Å². The van der Waals surface area contributed by atoms with Gasteiger partial charge in [-0.05, 0) is 64.3 Å². The zero-order valence-electron chi connectivity index (χ0n) is 25.5. The molecule has 45 heavy (non-hydrogen) atoms. The Labute approximate surface area is 270 Å². The van der Waals surface area contributed by atoms with Gasteiger partial charge in [0.1, 0.15) is 23.3 Å². The summed E-state index contributed by atoms with van der Waals surface area (Å²) in [6.45, 7) is 11.0. The number of hydrogen-bond donors (Lipinski definition) is 0. The summed E-state index contributed by atoms with van der Waals surface area (Å²) in [6.07, 6.45) is 6.45. The number of halogens is 4. The second kappa shape index (κ2) is 13.0. The summed E-state index contributed by atoms with van der Waals surface area (Å²) >= 11 is 8.24. The highest BCUT2D eigenvalue weighted by atomic mass is 35.5. The van der Waals surface area contributed by atoms with Crippen molar-refractivity contribution in [1.29, 1.82) is 0 Å². The van der Waals surface area contributed by atoms with Crippen molar-refractivity contribution in [2.45, 2.75) is 69.0 Å². The third-order valence-corrected chi connectivity index (χ3v) is 11.0. The van der Waals surface area contributed by atoms with Gasteiger partial charge >= 0.3 is 5.69 Å². The first-order valence-electron chi connectivity index (χ1n) is 15.6. The normalized spacial score (nSPS) is 22.0. The molecular weight excluding hydrogens is 623 g/mol. The van der Waals surface area contributed by atoms with Crippen LogP contribution in [-0.2, 0) is 4.79 Å². The Balaban J connectivity index is 1.47. The number of carbonyl (C=O) groups is 1. The molecule has 7 nitrogen and oxygen atoms in total. The number of piperazine rings is 1. The summed E-state index contributed by atoms with van der Waals surface area (Å²) in [7, 11) is 0. The van der Waals surface area contributed by atoms with Gasteiger partial charge in [-0.2, -0.15) is 4.98 Å². The number of hydrogen-bond acceptors (Lipinski definition) is 6. The van der Waals surface area contributed by atoms with Crippen LogP contribution in [0.4, 0.5) is 19.0 Å². The second-order valence-electron chi connectivity index (χ2n) is 12.2. The summed E-state index contributed by atoms with van der Waals surface area (Å²) in [5.41, 5.74) is -0.239. The van der Waals surface area contributed by atoms with Crippen molar-refractivity contribution in [2.24, 2.45) is 0 Å². The summed E-state index contributed by atoms with van der Waals surface area (Å²) in [5.74, 6) is -2.41. The molecule has 6 rings (SSSR count). The molecule has 1 amide bonds. The van der Waals surface area contributed by atoms with Gasteiger partial charge in [0, 0.05) is 71.5 Å². The Hall–Kier alpha value is -3.02. The smallest absolute Gasteiger partial charge is 0.350 e. The minimum Gasteiger partial charge on any atom is -0.350 e. The van der Waals surface area contributed by atoms with E-state index in [4.69, 9.17) is 11.6 Å². The fourth-order valence-corrected chi connectivity index (χ4v) is 9.02. The Morgan fingerprint density at radius 2 is 1.89 bits per heavy atom. The average molecular weight is 660 g/mol. The number of likely N-dealkylation sites (tertiary alicyclic amines) is 1. The van der Waals surface area contributed by atoms with Crippen LogP contribution in [-0.4, -0.2) is 75.8 Å². The molecule has 240 valence electrons. The molecule has 3 aromatic rings. The molecule has 0 N–H and O–H groups in total. The Morgan fingerprint density at radius 3 is 2.58 bits per heavy atom. The lowest BCUT2D eigenvalue weighted by molar-refractivity contribution is -0.126. The SMILES string of the molecule is C=CC(=O)N1CCN(c2nc(=O)n3c4c(c(-c5c(F)cc(F)cc5F)c(Cl)cc24)SC[C@H]3CCCN2CCC[C@H]2CC)[C@@H](C)C1. The molecule has 0 saturated carbocycles. The average Bonchev–Trinajstić information content (AvgIpc) is 3.47. The van der Waals surface area contributed by atoms with Crippen LogP contribution >= 0.6 is 23.4 Å². The molecular formula is C33H37ClF3N5O2S. The van der Waals surface area contributed by atoms with Gasteiger partial charge in [-0.1, -0.05) is 25.1 Å². The first-order chi connectivity index (χ1) is 21.6. The second-order valence-corrected chi connectivity index (χ2v) is 13.6. The first kappa shape index (κ1) is 31.9. The van der Waals surface area contributed by atoms with Crippen molar-refractivity contribution in [3.63, 3.8) is 0 Å². The lowest BCUT2D eigenvalue weighted by Gasteiger charge is -2.41. The summed E-state index contributed by atoms with van der Waals surface area (Å²) in [6, 6.07) is 3.13. The van der Waals surface area contributed by atoms with E-state index in [-0.39, 0.29) is 28.6 Å². The fraction of sp³-hybridized carbons (Fsp3) is 0.485. The summed E-state index contributed by atoms with van der Waals surface area (Å²) in [4.78, 5) is 37.6. The predicted octanol–water partition coefficient (Wildman–Crippen LogP) is 6.66. The van der Waals surface area contributed by atoms with Crippen molar-refractivity contribution in [1.82, 2.24) is 19.4 Å². The van der Waals surface area contributed by atoms with Gasteiger partial charge in [-0.3, -0.25) is 9.36 Å². The number of nitrogens with zero attached hydrogens (tertiary/aromatic N) is 5. The van der Waals surface area contributed by atoms with Crippen molar-refractivity contribution >= 4 is 46.0 Å². The number of rotatable bonds is 8. The highest BCUT2D eigenvalue weighted by Gasteiger charge is 2.34. The number of aromatic nitrogens is 2. The van der Waals surface area contributed by atoms with Gasteiger partial charge in [-0.25, -0.2) is 18.0 Å². The lowest BCUT2D eigenvalue weighted by atomic mass is 10.0. The van der Waals surface area contributed by atoms with Crippen molar-refractivity contribution in [2.75, 3.05) is 43.4 Å². The van der Waals surface area contributed by atoms with E-state index < -0.39 is 28.7 Å². The van der Waals surface area contributed by atoms with E-state index in [1.54, 1.807) is 15.5 Å². The molecule has 0 radical (unpaired) electrons. The van der Waals surface area contributed by atoms with Crippen LogP contribution in [0.3, 0.4) is 0 Å². The van der Waals surface area contributed by atoms with E-state index in [1.165, 1.54) is 30.7 Å². The van der Waals surface area contributed by atoms with Crippen LogP contribution in [0.25, 0.3) is 22.0 Å². The van der Waals surface area contributed by atoms with E-state index in [2.05, 4.69) is 23.4 Å². The molecule has 3 aliphatic heterocycles. The van der Waals surface area contributed by atoms with Gasteiger partial charge in [0.05, 0.1) is 16.1 Å². The van der Waals surface area contributed by atoms with Gasteiger partial charge in [0.25, 0.3) is 0 Å². The predicted molar refractivity (Wildman–Crippen MR) is 174 cm³/mol. The standard InChI is InChI=1S/C33H37ClF3N5O2S/c1-4-21-8-6-10-39(21)11-7-9-22-18-45-31-28(29-25(36)14-20(35)15-26(29)37)24(34)16-23-30(31)42(22)33(44)38-32(23)41-13-12-40(17-19(41)3)27(43)5-2/h5,14-16,19,21-22H,2,4,6-13,17-18H2,1,3H3/t19-,21+,22+/m0/s1. The van der Waals surface area contributed by atoms with E-state index in [9.17, 15) is 14.0 Å². The number of benzene rings is 2. The Bertz CT molecular complexity index is 1700. The minimum atomic E-state index is -1.07. The zero-order chi connectivity index (χ0) is 32.0. The van der Waals surface area contributed by atoms with E-state index >= 15 is 8.78 Å². The van der Waals surface area contributed by atoms with Gasteiger partial charge in [-0.15, -0.1) is 11.8 Å². The largest absolute Gasteiger partial charge is 0.350 e. The summed E-state index contributed by atoms with van der Waals surface area (Å²) < 4.78 is 46.0. The number of carbonyl (C=O) groups excluding carboxylic acids is 1. The van der Waals surface area contributed by atoms with Crippen LogP contribution in [0.5, 0.6) is 0 Å². The third kappa shape index (κ3) is 5.87. The first-order valence-corrected chi connectivity index (χ1v) is 17.0. The molecule has 0 aliphatic carbocycles. The molecule has 12 heteroatoms. The number of thioether (sulfide) groups is 1. The van der Waals surface area contributed by atoms with Crippen LogP contribution in [0.1, 0.15) is 52.0 Å². The molecule has 1 aromatic heterocycles. The van der Waals surface area contributed by atoms with E-state index in [1.807, 2.05) is 11.8 Å². The van der Waals surface area contributed by atoms with Crippen molar-refractivity contribution in [3.05, 3.63) is 63.8 Å². The van der Waals surface area contributed by atoms with E-state index in [0.717, 1.165) is 32.4 Å². The maximum atomic E-state index is 15.2. The van der Waals surface area contributed by atoms with Crippen LogP contribution < -0.4 is 10.6 Å². The highest BCUT2D eigenvalue weighted by Crippen LogP contribution is 2.49. The molecule has 0 spiro atoms. The van der Waals surface area contributed by atoms with Crippen molar-refractivity contribution in [3.8, 4) is 11.1 Å². The molecule has 3 aliphatic rings. The number of amides is 1. The van der Waals surface area contributed by atoms with Crippen molar-refractivity contribution < 1.29 is 18.0 Å². The van der Waals surface area contributed by atoms with E-state index in [0.29, 0.717) is 65.2 Å². The Kier molecular flexibility index (Phi) is 9.23. The van der Waals surface area contributed by atoms with Gasteiger partial charge < -0.3 is 14.7 Å². The zero-order valence-corrected chi connectivity index (χ0v) is 27.1. The molecule has 0 unspecified atom stereocenters. The molecule has 3 atom stereocenters. The minimum absolute atomic E-state index is 0.0777.